The quantitative estimate of drug-likeness (QED) is 0.769. The van der Waals surface area contributed by atoms with E-state index in [-0.39, 0.29) is 12.1 Å². The van der Waals surface area contributed by atoms with E-state index in [9.17, 15) is 0 Å². The van der Waals surface area contributed by atoms with Gasteiger partial charge in [-0.25, -0.2) is 0 Å². The number of aryl methyl sites for hydroxylation is 1. The second-order valence-corrected chi connectivity index (χ2v) is 4.35. The summed E-state index contributed by atoms with van der Waals surface area (Å²) in [4.78, 5) is 0. The van der Waals surface area contributed by atoms with Crippen molar-refractivity contribution in [3.05, 3.63) is 11.9 Å². The SMILES string of the molecule is CC1CCOC1C(N)Cc1cn(C)nn1. The molecule has 3 unspecified atom stereocenters. The highest BCUT2D eigenvalue weighted by molar-refractivity contribution is 4.98. The van der Waals surface area contributed by atoms with E-state index in [1.165, 1.54) is 0 Å². The maximum atomic E-state index is 6.11. The molecule has 0 radical (unpaired) electrons. The average Bonchev–Trinajstić information content (AvgIpc) is 2.75. The molecule has 1 saturated heterocycles. The van der Waals surface area contributed by atoms with Gasteiger partial charge in [-0.2, -0.15) is 0 Å². The van der Waals surface area contributed by atoms with E-state index in [2.05, 4.69) is 17.2 Å². The van der Waals surface area contributed by atoms with Gasteiger partial charge in [0.05, 0.1) is 11.8 Å². The van der Waals surface area contributed by atoms with Crippen LogP contribution in [-0.4, -0.2) is 33.7 Å². The van der Waals surface area contributed by atoms with Crippen molar-refractivity contribution >= 4 is 0 Å². The largest absolute Gasteiger partial charge is 0.376 e. The van der Waals surface area contributed by atoms with Gasteiger partial charge in [0.15, 0.2) is 0 Å². The molecule has 0 saturated carbocycles. The van der Waals surface area contributed by atoms with Crippen molar-refractivity contribution < 1.29 is 4.74 Å². The fraction of sp³-hybridized carbons (Fsp3) is 0.800. The predicted molar refractivity (Wildman–Crippen MR) is 56.2 cm³/mol. The van der Waals surface area contributed by atoms with Crippen LogP contribution in [0, 0.1) is 5.92 Å². The molecule has 1 fully saturated rings. The zero-order valence-corrected chi connectivity index (χ0v) is 9.26. The van der Waals surface area contributed by atoms with Crippen LogP contribution in [0.15, 0.2) is 6.20 Å². The molecule has 1 aromatic heterocycles. The minimum Gasteiger partial charge on any atom is -0.376 e. The predicted octanol–water partition coefficient (Wildman–Crippen LogP) is 0.110. The van der Waals surface area contributed by atoms with Gasteiger partial charge in [-0.1, -0.05) is 12.1 Å². The molecule has 2 N–H and O–H groups in total. The molecule has 3 atom stereocenters. The summed E-state index contributed by atoms with van der Waals surface area (Å²) in [5, 5.41) is 7.92. The van der Waals surface area contributed by atoms with Gasteiger partial charge in [-0.15, -0.1) is 5.10 Å². The monoisotopic (exact) mass is 210 g/mol. The summed E-state index contributed by atoms with van der Waals surface area (Å²) in [7, 11) is 1.86. The van der Waals surface area contributed by atoms with Gasteiger partial charge in [0, 0.05) is 32.3 Å². The lowest BCUT2D eigenvalue weighted by atomic mass is 9.95. The number of nitrogens with two attached hydrogens (primary N) is 1. The fourth-order valence-electron chi connectivity index (χ4n) is 2.11. The van der Waals surface area contributed by atoms with Crippen molar-refractivity contribution in [2.75, 3.05) is 6.61 Å². The summed E-state index contributed by atoms with van der Waals surface area (Å²) in [5.41, 5.74) is 7.05. The summed E-state index contributed by atoms with van der Waals surface area (Å²) >= 11 is 0. The van der Waals surface area contributed by atoms with E-state index < -0.39 is 0 Å². The molecular weight excluding hydrogens is 192 g/mol. The van der Waals surface area contributed by atoms with Crippen molar-refractivity contribution in [3.8, 4) is 0 Å². The molecule has 2 heterocycles. The lowest BCUT2D eigenvalue weighted by Crippen LogP contribution is -2.39. The van der Waals surface area contributed by atoms with Gasteiger partial charge < -0.3 is 10.5 Å². The molecule has 15 heavy (non-hydrogen) atoms. The van der Waals surface area contributed by atoms with Crippen LogP contribution in [0.2, 0.25) is 0 Å². The highest BCUT2D eigenvalue weighted by Gasteiger charge is 2.30. The molecule has 5 heteroatoms. The molecule has 1 aliphatic rings. The van der Waals surface area contributed by atoms with Crippen LogP contribution in [0.3, 0.4) is 0 Å². The van der Waals surface area contributed by atoms with E-state index in [4.69, 9.17) is 10.5 Å². The maximum absolute atomic E-state index is 6.11. The molecule has 2 rings (SSSR count). The number of ether oxygens (including phenoxy) is 1. The fourth-order valence-corrected chi connectivity index (χ4v) is 2.11. The Morgan fingerprint density at radius 3 is 3.07 bits per heavy atom. The molecule has 0 aromatic carbocycles. The normalized spacial score (nSPS) is 28.2. The van der Waals surface area contributed by atoms with Crippen molar-refractivity contribution in [1.29, 1.82) is 0 Å². The van der Waals surface area contributed by atoms with Crippen LogP contribution in [0.1, 0.15) is 19.0 Å². The number of hydrogen-bond acceptors (Lipinski definition) is 4. The second kappa shape index (κ2) is 4.28. The third kappa shape index (κ3) is 2.35. The summed E-state index contributed by atoms with van der Waals surface area (Å²) in [6.07, 6.45) is 3.92. The minimum atomic E-state index is 0.0270. The van der Waals surface area contributed by atoms with Crippen LogP contribution < -0.4 is 5.73 Å². The lowest BCUT2D eigenvalue weighted by molar-refractivity contribution is 0.0724. The van der Waals surface area contributed by atoms with Crippen molar-refractivity contribution in [2.45, 2.75) is 31.9 Å². The molecule has 1 aromatic rings. The third-order valence-electron chi connectivity index (χ3n) is 2.96. The summed E-state index contributed by atoms with van der Waals surface area (Å²) in [5.74, 6) is 0.552. The van der Waals surface area contributed by atoms with Crippen LogP contribution in [-0.2, 0) is 18.2 Å². The highest BCUT2D eigenvalue weighted by Crippen LogP contribution is 2.23. The standard InChI is InChI=1S/C10H18N4O/c1-7-3-4-15-10(7)9(11)5-8-6-14(2)13-12-8/h6-7,9-10H,3-5,11H2,1-2H3. The van der Waals surface area contributed by atoms with Crippen molar-refractivity contribution in [1.82, 2.24) is 15.0 Å². The first-order valence-electron chi connectivity index (χ1n) is 5.39. The molecule has 0 bridgehead atoms. The third-order valence-corrected chi connectivity index (χ3v) is 2.96. The molecule has 1 aliphatic heterocycles. The number of rotatable bonds is 3. The zero-order valence-electron chi connectivity index (χ0n) is 9.26. The zero-order chi connectivity index (χ0) is 10.8. The van der Waals surface area contributed by atoms with Gasteiger partial charge in [0.25, 0.3) is 0 Å². The molecule has 5 nitrogen and oxygen atoms in total. The summed E-state index contributed by atoms with van der Waals surface area (Å²) in [6, 6.07) is 0.0270. The van der Waals surface area contributed by atoms with Gasteiger partial charge in [-0.3, -0.25) is 4.68 Å². The number of nitrogens with zero attached hydrogens (tertiary/aromatic N) is 3. The molecular formula is C10H18N4O. The topological polar surface area (TPSA) is 66.0 Å². The maximum Gasteiger partial charge on any atom is 0.0843 e. The Kier molecular flexibility index (Phi) is 3.02. The first-order chi connectivity index (χ1) is 7.16. The Balaban J connectivity index is 1.94. The Bertz CT molecular complexity index is 325. The van der Waals surface area contributed by atoms with Crippen LogP contribution >= 0.6 is 0 Å². The van der Waals surface area contributed by atoms with Gasteiger partial charge in [-0.05, 0) is 12.3 Å². The Morgan fingerprint density at radius 2 is 2.53 bits per heavy atom. The highest BCUT2D eigenvalue weighted by atomic mass is 16.5. The smallest absolute Gasteiger partial charge is 0.0843 e. The van der Waals surface area contributed by atoms with Crippen LogP contribution in [0.4, 0.5) is 0 Å². The van der Waals surface area contributed by atoms with Crippen molar-refractivity contribution in [2.24, 2.45) is 18.7 Å². The van der Waals surface area contributed by atoms with Crippen LogP contribution in [0.25, 0.3) is 0 Å². The lowest BCUT2D eigenvalue weighted by Gasteiger charge is -2.21. The van der Waals surface area contributed by atoms with Gasteiger partial charge in [0.2, 0.25) is 0 Å². The first kappa shape index (κ1) is 10.6. The molecule has 84 valence electrons. The van der Waals surface area contributed by atoms with E-state index in [0.717, 1.165) is 25.1 Å². The summed E-state index contributed by atoms with van der Waals surface area (Å²) < 4.78 is 7.32. The molecule has 0 spiro atoms. The average molecular weight is 210 g/mol. The van der Waals surface area contributed by atoms with E-state index >= 15 is 0 Å². The first-order valence-corrected chi connectivity index (χ1v) is 5.39. The molecule has 0 amide bonds. The molecule has 0 aliphatic carbocycles. The Morgan fingerprint density at radius 1 is 1.73 bits per heavy atom. The van der Waals surface area contributed by atoms with Gasteiger partial charge >= 0.3 is 0 Å². The number of hydrogen-bond donors (Lipinski definition) is 1. The second-order valence-electron chi connectivity index (χ2n) is 4.35. The van der Waals surface area contributed by atoms with Gasteiger partial charge in [0.1, 0.15) is 0 Å². The van der Waals surface area contributed by atoms with E-state index in [1.54, 1.807) is 4.68 Å². The van der Waals surface area contributed by atoms with Crippen LogP contribution in [0.5, 0.6) is 0 Å². The Labute approximate surface area is 89.6 Å². The number of aromatic nitrogens is 3. The van der Waals surface area contributed by atoms with Crippen molar-refractivity contribution in [3.63, 3.8) is 0 Å². The van der Waals surface area contributed by atoms with E-state index in [1.807, 2.05) is 13.2 Å². The van der Waals surface area contributed by atoms with E-state index in [0.29, 0.717) is 5.92 Å². The summed E-state index contributed by atoms with van der Waals surface area (Å²) in [6.45, 7) is 3.02. The Hall–Kier alpha value is -0.940. The minimum absolute atomic E-state index is 0.0270.